The van der Waals surface area contributed by atoms with Crippen LogP contribution in [0, 0.1) is 24.1 Å². The second kappa shape index (κ2) is 8.81. The van der Waals surface area contributed by atoms with Gasteiger partial charge in [0.05, 0.1) is 36.2 Å². The van der Waals surface area contributed by atoms with Gasteiger partial charge in [0.15, 0.2) is 17.2 Å². The molecule has 1 aromatic heterocycles. The van der Waals surface area contributed by atoms with Crippen molar-refractivity contribution in [1.29, 1.82) is 5.26 Å². The number of nitrogens with one attached hydrogen (secondary N) is 1. The largest absolute Gasteiger partial charge is 0.493 e. The molecule has 5 nitrogen and oxygen atoms in total. The minimum absolute atomic E-state index is 0.193. The van der Waals surface area contributed by atoms with E-state index in [1.165, 1.54) is 12.1 Å². The zero-order chi connectivity index (χ0) is 23.7. The van der Waals surface area contributed by atoms with Gasteiger partial charge in [0, 0.05) is 22.3 Å². The van der Waals surface area contributed by atoms with Crippen molar-refractivity contribution in [2.24, 2.45) is 0 Å². The molecule has 2 atom stereocenters. The number of fused-ring (bicyclic) bond motifs is 1. The molecular weight excluding hydrogens is 450 g/mol. The maximum absolute atomic E-state index is 14.6. The van der Waals surface area contributed by atoms with Gasteiger partial charge in [0.1, 0.15) is 0 Å². The Labute approximate surface area is 186 Å². The lowest BCUT2D eigenvalue weighted by Gasteiger charge is -2.38. The lowest BCUT2D eigenvalue weighted by molar-refractivity contribution is -0.264. The van der Waals surface area contributed by atoms with Crippen LogP contribution in [-0.4, -0.2) is 29.0 Å². The summed E-state index contributed by atoms with van der Waals surface area (Å²) in [6.45, 7) is 1.76. The molecule has 0 fully saturated rings. The molecule has 0 radical (unpaired) electrons. The maximum atomic E-state index is 14.6. The third-order valence-electron chi connectivity index (χ3n) is 5.08. The van der Waals surface area contributed by atoms with E-state index >= 15 is 0 Å². The number of rotatable bonds is 6. The highest BCUT2D eigenvalue weighted by atomic mass is 35.5. The second-order valence-corrected chi connectivity index (χ2v) is 7.55. The van der Waals surface area contributed by atoms with Crippen molar-refractivity contribution in [1.82, 2.24) is 4.98 Å². The van der Waals surface area contributed by atoms with Gasteiger partial charge in [0.25, 0.3) is 0 Å². The summed E-state index contributed by atoms with van der Waals surface area (Å²) in [6, 6.07) is 9.61. The number of methoxy groups -OCH3 is 1. The molecule has 0 aliphatic heterocycles. The van der Waals surface area contributed by atoms with E-state index in [4.69, 9.17) is 21.6 Å². The first-order chi connectivity index (χ1) is 15.0. The first kappa shape index (κ1) is 23.6. The Balaban J connectivity index is 2.28. The van der Waals surface area contributed by atoms with E-state index in [9.17, 15) is 22.7 Å². The predicted octanol–water partition coefficient (Wildman–Crippen LogP) is 5.70. The van der Waals surface area contributed by atoms with E-state index in [2.05, 4.69) is 10.3 Å². The SMILES string of the molecule is COc1c(C(Nc2cccc3nc(C)ccc23)C(O)(CC#N)C(F)(F)F)ccc(Cl)c1F. The third-order valence-corrected chi connectivity index (χ3v) is 5.38. The number of halogens is 5. The van der Waals surface area contributed by atoms with Gasteiger partial charge in [-0.15, -0.1) is 0 Å². The molecule has 2 aromatic carbocycles. The molecule has 0 spiro atoms. The number of ether oxygens (including phenoxy) is 1. The van der Waals surface area contributed by atoms with E-state index < -0.39 is 35.8 Å². The van der Waals surface area contributed by atoms with Crippen LogP contribution in [0.4, 0.5) is 23.2 Å². The van der Waals surface area contributed by atoms with Crippen LogP contribution in [0.1, 0.15) is 23.7 Å². The summed E-state index contributed by atoms with van der Waals surface area (Å²) in [5, 5.41) is 22.6. The Morgan fingerprint density at radius 2 is 1.94 bits per heavy atom. The summed E-state index contributed by atoms with van der Waals surface area (Å²) >= 11 is 5.77. The molecule has 0 saturated carbocycles. The fourth-order valence-electron chi connectivity index (χ4n) is 3.46. The Morgan fingerprint density at radius 1 is 1.22 bits per heavy atom. The molecule has 0 aliphatic carbocycles. The van der Waals surface area contributed by atoms with Gasteiger partial charge in [-0.2, -0.15) is 18.4 Å². The lowest BCUT2D eigenvalue weighted by atomic mass is 9.84. The van der Waals surface area contributed by atoms with Crippen molar-refractivity contribution >= 4 is 28.2 Å². The molecule has 0 aliphatic rings. The monoisotopic (exact) mass is 467 g/mol. The number of hydrogen-bond acceptors (Lipinski definition) is 5. The van der Waals surface area contributed by atoms with E-state index in [-0.39, 0.29) is 16.3 Å². The van der Waals surface area contributed by atoms with Crippen molar-refractivity contribution < 1.29 is 27.4 Å². The smallest absolute Gasteiger partial charge is 0.420 e. The van der Waals surface area contributed by atoms with Crippen LogP contribution in [0.15, 0.2) is 42.5 Å². The molecule has 3 rings (SSSR count). The van der Waals surface area contributed by atoms with Crippen molar-refractivity contribution in [3.05, 3.63) is 64.6 Å². The molecular formula is C22H18ClF4N3O2. The summed E-state index contributed by atoms with van der Waals surface area (Å²) < 4.78 is 61.9. The molecule has 1 heterocycles. The molecule has 0 bridgehead atoms. The van der Waals surface area contributed by atoms with Gasteiger partial charge in [-0.05, 0) is 37.3 Å². The molecule has 2 N–H and O–H groups in total. The first-order valence-electron chi connectivity index (χ1n) is 9.34. The van der Waals surface area contributed by atoms with Gasteiger partial charge >= 0.3 is 6.18 Å². The van der Waals surface area contributed by atoms with E-state index in [1.807, 2.05) is 0 Å². The van der Waals surface area contributed by atoms with Crippen LogP contribution in [0.2, 0.25) is 5.02 Å². The van der Waals surface area contributed by atoms with Gasteiger partial charge < -0.3 is 15.2 Å². The average Bonchev–Trinajstić information content (AvgIpc) is 2.73. The van der Waals surface area contributed by atoms with Crippen molar-refractivity contribution in [2.45, 2.75) is 31.2 Å². The highest BCUT2D eigenvalue weighted by Crippen LogP contribution is 2.47. The zero-order valence-electron chi connectivity index (χ0n) is 17.0. The van der Waals surface area contributed by atoms with Crippen molar-refractivity contribution in [3.8, 4) is 11.8 Å². The fourth-order valence-corrected chi connectivity index (χ4v) is 3.61. The van der Waals surface area contributed by atoms with Crippen LogP contribution in [0.3, 0.4) is 0 Å². The van der Waals surface area contributed by atoms with E-state index in [0.29, 0.717) is 16.6 Å². The molecule has 32 heavy (non-hydrogen) atoms. The van der Waals surface area contributed by atoms with E-state index in [1.54, 1.807) is 31.2 Å². The van der Waals surface area contributed by atoms with Crippen LogP contribution in [-0.2, 0) is 0 Å². The van der Waals surface area contributed by atoms with Crippen molar-refractivity contribution in [3.63, 3.8) is 0 Å². The molecule has 2 unspecified atom stereocenters. The fraction of sp³-hybridized carbons (Fsp3) is 0.273. The third kappa shape index (κ3) is 4.16. The van der Waals surface area contributed by atoms with E-state index in [0.717, 1.165) is 19.2 Å². The Morgan fingerprint density at radius 3 is 2.56 bits per heavy atom. The zero-order valence-corrected chi connectivity index (χ0v) is 17.7. The first-order valence-corrected chi connectivity index (χ1v) is 9.72. The lowest BCUT2D eigenvalue weighted by Crippen LogP contribution is -2.52. The quantitative estimate of drug-likeness (QED) is 0.454. The topological polar surface area (TPSA) is 78.2 Å². The number of hydrogen-bond donors (Lipinski definition) is 2. The maximum Gasteiger partial charge on any atom is 0.420 e. The predicted molar refractivity (Wildman–Crippen MR) is 112 cm³/mol. The number of pyridine rings is 1. The molecule has 0 saturated heterocycles. The standard InChI is InChI=1S/C22H18ClF4N3O2/c1-12-6-7-13-16(29-12)4-3-5-17(13)30-20(21(31,10-11-28)22(25,26)27)14-8-9-15(23)18(24)19(14)32-2/h3-9,20,30-31H,10H2,1-2H3. The molecule has 10 heteroatoms. The van der Waals surface area contributed by atoms with Crippen LogP contribution in [0.25, 0.3) is 10.9 Å². The minimum atomic E-state index is -5.25. The highest BCUT2D eigenvalue weighted by Gasteiger charge is 2.60. The number of anilines is 1. The summed E-state index contributed by atoms with van der Waals surface area (Å²) in [5.74, 6) is -1.67. The van der Waals surface area contributed by atoms with Crippen LogP contribution < -0.4 is 10.1 Å². The molecule has 3 aromatic rings. The Hall–Kier alpha value is -3.09. The van der Waals surface area contributed by atoms with Crippen LogP contribution in [0.5, 0.6) is 5.75 Å². The number of aromatic nitrogens is 1. The minimum Gasteiger partial charge on any atom is -0.493 e. The second-order valence-electron chi connectivity index (χ2n) is 7.14. The summed E-state index contributed by atoms with van der Waals surface area (Å²) in [6.07, 6.45) is -6.56. The van der Waals surface area contributed by atoms with Gasteiger partial charge in [0.2, 0.25) is 0 Å². The number of nitrogens with zero attached hydrogens (tertiary/aromatic N) is 2. The van der Waals surface area contributed by atoms with Gasteiger partial charge in [-0.3, -0.25) is 4.98 Å². The average molecular weight is 468 g/mol. The number of benzene rings is 2. The summed E-state index contributed by atoms with van der Waals surface area (Å²) in [7, 11) is 1.07. The summed E-state index contributed by atoms with van der Waals surface area (Å²) in [4.78, 5) is 4.34. The highest BCUT2D eigenvalue weighted by molar-refractivity contribution is 6.30. The number of alkyl halides is 3. The van der Waals surface area contributed by atoms with Crippen LogP contribution >= 0.6 is 11.6 Å². The summed E-state index contributed by atoms with van der Waals surface area (Å²) in [5.41, 5.74) is -2.56. The number of aliphatic hydroxyl groups is 1. The van der Waals surface area contributed by atoms with Crippen molar-refractivity contribution in [2.75, 3.05) is 12.4 Å². The Bertz CT molecular complexity index is 1200. The van der Waals surface area contributed by atoms with Gasteiger partial charge in [-0.1, -0.05) is 23.7 Å². The molecule has 0 amide bonds. The van der Waals surface area contributed by atoms with Gasteiger partial charge in [-0.25, -0.2) is 4.39 Å². The number of aryl methyl sites for hydroxylation is 1. The normalized spacial score (nSPS) is 14.5. The number of nitriles is 1. The Kier molecular flexibility index (Phi) is 6.49. The molecule has 168 valence electrons.